The Labute approximate surface area is 97.8 Å². The smallest absolute Gasteiger partial charge is 0.187 e. The molecule has 0 unspecified atom stereocenters. The van der Waals surface area contributed by atoms with Crippen LogP contribution in [0.2, 0.25) is 0 Å². The van der Waals surface area contributed by atoms with Crippen LogP contribution in [0.4, 0.5) is 4.39 Å². The van der Waals surface area contributed by atoms with Crippen LogP contribution in [0, 0.1) is 12.7 Å². The van der Waals surface area contributed by atoms with E-state index in [-0.39, 0.29) is 17.9 Å². The van der Waals surface area contributed by atoms with E-state index in [0.717, 1.165) is 11.4 Å². The van der Waals surface area contributed by atoms with Gasteiger partial charge in [0, 0.05) is 29.2 Å². The molecule has 4 heteroatoms. The van der Waals surface area contributed by atoms with Crippen LogP contribution in [0.25, 0.3) is 5.69 Å². The molecule has 2 rings (SSSR count). The van der Waals surface area contributed by atoms with E-state index in [9.17, 15) is 9.18 Å². The maximum Gasteiger partial charge on any atom is 0.187 e. The van der Waals surface area contributed by atoms with Crippen LogP contribution in [0.15, 0.2) is 41.3 Å². The Hall–Kier alpha value is -1.94. The molecule has 3 nitrogen and oxygen atoms in total. The van der Waals surface area contributed by atoms with Gasteiger partial charge in [0.25, 0.3) is 0 Å². The van der Waals surface area contributed by atoms with Crippen molar-refractivity contribution in [2.45, 2.75) is 13.5 Å². The van der Waals surface area contributed by atoms with E-state index in [1.165, 1.54) is 18.2 Å². The Kier molecular flexibility index (Phi) is 3.06. The molecule has 0 aliphatic rings. The molecular weight excluding hydrogens is 221 g/mol. The van der Waals surface area contributed by atoms with Gasteiger partial charge < -0.3 is 9.67 Å². The fraction of sp³-hybridized carbons (Fsp3) is 0.154. The van der Waals surface area contributed by atoms with E-state index in [2.05, 4.69) is 0 Å². The first-order valence-corrected chi connectivity index (χ1v) is 5.21. The van der Waals surface area contributed by atoms with Crippen molar-refractivity contribution < 1.29 is 9.50 Å². The Morgan fingerprint density at radius 3 is 2.53 bits per heavy atom. The summed E-state index contributed by atoms with van der Waals surface area (Å²) in [6.45, 7) is 1.48. The number of hydrogen-bond donors (Lipinski definition) is 1. The van der Waals surface area contributed by atoms with Gasteiger partial charge >= 0.3 is 0 Å². The number of halogens is 1. The third-order valence-corrected chi connectivity index (χ3v) is 2.60. The van der Waals surface area contributed by atoms with Gasteiger partial charge in [0.05, 0.1) is 6.61 Å². The Balaban J connectivity index is 2.59. The highest BCUT2D eigenvalue weighted by molar-refractivity contribution is 5.35. The van der Waals surface area contributed by atoms with Crippen LogP contribution < -0.4 is 5.43 Å². The maximum absolute atomic E-state index is 12.8. The summed E-state index contributed by atoms with van der Waals surface area (Å²) in [5, 5.41) is 9.05. The minimum absolute atomic E-state index is 0.191. The van der Waals surface area contributed by atoms with Gasteiger partial charge in [-0.3, -0.25) is 4.79 Å². The average molecular weight is 233 g/mol. The van der Waals surface area contributed by atoms with Gasteiger partial charge in [-0.05, 0) is 31.2 Å². The normalized spacial score (nSPS) is 10.5. The van der Waals surface area contributed by atoms with Crippen LogP contribution in [-0.4, -0.2) is 9.67 Å². The van der Waals surface area contributed by atoms with E-state index in [1.807, 2.05) is 0 Å². The van der Waals surface area contributed by atoms with Crippen LogP contribution in [0.3, 0.4) is 0 Å². The van der Waals surface area contributed by atoms with E-state index >= 15 is 0 Å². The van der Waals surface area contributed by atoms with Crippen LogP contribution >= 0.6 is 0 Å². The van der Waals surface area contributed by atoms with Crippen LogP contribution in [0.5, 0.6) is 0 Å². The number of nitrogens with zero attached hydrogens (tertiary/aromatic N) is 1. The molecule has 0 saturated carbocycles. The molecule has 0 aliphatic heterocycles. The number of hydrogen-bond acceptors (Lipinski definition) is 2. The molecule has 2 aromatic rings. The van der Waals surface area contributed by atoms with Gasteiger partial charge in [0.1, 0.15) is 5.82 Å². The molecule has 0 spiro atoms. The zero-order chi connectivity index (χ0) is 12.4. The molecule has 1 heterocycles. The van der Waals surface area contributed by atoms with Crippen molar-refractivity contribution in [3.63, 3.8) is 0 Å². The predicted octanol–water partition coefficient (Wildman–Crippen LogP) is 1.78. The second-order valence-electron chi connectivity index (χ2n) is 3.81. The van der Waals surface area contributed by atoms with Gasteiger partial charge in [-0.15, -0.1) is 0 Å². The lowest BCUT2D eigenvalue weighted by Gasteiger charge is -2.11. The molecule has 0 atom stereocenters. The van der Waals surface area contributed by atoms with Gasteiger partial charge in [-0.25, -0.2) is 4.39 Å². The van der Waals surface area contributed by atoms with E-state index in [1.54, 1.807) is 29.8 Å². The molecule has 0 radical (unpaired) electrons. The summed E-state index contributed by atoms with van der Waals surface area (Å²) in [5.41, 5.74) is 1.61. The SMILES string of the molecule is Cc1cc(=O)c(CO)cn1-c1ccc(F)cc1. The highest BCUT2D eigenvalue weighted by Gasteiger charge is 2.04. The summed E-state index contributed by atoms with van der Waals surface area (Å²) in [6, 6.07) is 7.40. The topological polar surface area (TPSA) is 42.2 Å². The Bertz CT molecular complexity index is 587. The van der Waals surface area contributed by atoms with Crippen molar-refractivity contribution >= 4 is 0 Å². The molecule has 0 fully saturated rings. The first-order valence-electron chi connectivity index (χ1n) is 5.21. The Morgan fingerprint density at radius 2 is 1.94 bits per heavy atom. The van der Waals surface area contributed by atoms with Crippen molar-refractivity contribution in [3.05, 3.63) is 63.8 Å². The van der Waals surface area contributed by atoms with Gasteiger partial charge in [-0.2, -0.15) is 0 Å². The number of aliphatic hydroxyl groups is 1. The van der Waals surface area contributed by atoms with Crippen LogP contribution in [0.1, 0.15) is 11.3 Å². The standard InChI is InChI=1S/C13H12FNO2/c1-9-6-13(17)10(8-16)7-15(9)12-4-2-11(14)3-5-12/h2-7,16H,8H2,1H3. The molecule has 0 amide bonds. The van der Waals surface area contributed by atoms with Crippen molar-refractivity contribution in [3.8, 4) is 5.69 Å². The van der Waals surface area contributed by atoms with Crippen molar-refractivity contribution in [2.24, 2.45) is 0 Å². The molecule has 1 aromatic heterocycles. The number of benzene rings is 1. The lowest BCUT2D eigenvalue weighted by atomic mass is 10.2. The van der Waals surface area contributed by atoms with Gasteiger partial charge in [-0.1, -0.05) is 0 Å². The second kappa shape index (κ2) is 4.51. The molecule has 88 valence electrons. The van der Waals surface area contributed by atoms with Crippen molar-refractivity contribution in [1.29, 1.82) is 0 Å². The number of aliphatic hydroxyl groups excluding tert-OH is 1. The van der Waals surface area contributed by atoms with E-state index in [4.69, 9.17) is 5.11 Å². The zero-order valence-electron chi connectivity index (χ0n) is 9.35. The van der Waals surface area contributed by atoms with Crippen molar-refractivity contribution in [2.75, 3.05) is 0 Å². The molecular formula is C13H12FNO2. The Morgan fingerprint density at radius 1 is 1.29 bits per heavy atom. The summed E-state index contributed by atoms with van der Waals surface area (Å²) < 4.78 is 14.6. The minimum Gasteiger partial charge on any atom is -0.391 e. The lowest BCUT2D eigenvalue weighted by Crippen LogP contribution is -2.14. The molecule has 0 saturated heterocycles. The predicted molar refractivity (Wildman–Crippen MR) is 62.7 cm³/mol. The first kappa shape index (κ1) is 11.5. The largest absolute Gasteiger partial charge is 0.391 e. The summed E-state index contributed by atoms with van der Waals surface area (Å²) in [4.78, 5) is 11.5. The first-order chi connectivity index (χ1) is 8.11. The van der Waals surface area contributed by atoms with E-state index < -0.39 is 0 Å². The number of aryl methyl sites for hydroxylation is 1. The maximum atomic E-state index is 12.8. The summed E-state index contributed by atoms with van der Waals surface area (Å²) in [6.07, 6.45) is 1.57. The minimum atomic E-state index is -0.310. The lowest BCUT2D eigenvalue weighted by molar-refractivity contribution is 0.280. The third kappa shape index (κ3) is 2.26. The summed E-state index contributed by atoms with van der Waals surface area (Å²) >= 11 is 0. The summed E-state index contributed by atoms with van der Waals surface area (Å²) in [7, 11) is 0. The third-order valence-electron chi connectivity index (χ3n) is 2.60. The van der Waals surface area contributed by atoms with E-state index in [0.29, 0.717) is 5.56 Å². The molecule has 17 heavy (non-hydrogen) atoms. The second-order valence-corrected chi connectivity index (χ2v) is 3.81. The quantitative estimate of drug-likeness (QED) is 0.859. The van der Waals surface area contributed by atoms with Gasteiger partial charge in [0.2, 0.25) is 0 Å². The highest BCUT2D eigenvalue weighted by Crippen LogP contribution is 2.11. The fourth-order valence-corrected chi connectivity index (χ4v) is 1.67. The van der Waals surface area contributed by atoms with Crippen molar-refractivity contribution in [1.82, 2.24) is 4.57 Å². The van der Waals surface area contributed by atoms with Crippen LogP contribution in [-0.2, 0) is 6.61 Å². The molecule has 1 aromatic carbocycles. The molecule has 0 aliphatic carbocycles. The molecule has 1 N–H and O–H groups in total. The zero-order valence-corrected chi connectivity index (χ0v) is 9.35. The molecule has 0 bridgehead atoms. The monoisotopic (exact) mass is 233 g/mol. The number of aromatic nitrogens is 1. The number of pyridine rings is 1. The average Bonchev–Trinajstić information content (AvgIpc) is 2.31. The highest BCUT2D eigenvalue weighted by atomic mass is 19.1. The number of rotatable bonds is 2. The summed E-state index contributed by atoms with van der Waals surface area (Å²) in [5.74, 6) is -0.310. The fourth-order valence-electron chi connectivity index (χ4n) is 1.67. The van der Waals surface area contributed by atoms with Gasteiger partial charge in [0.15, 0.2) is 5.43 Å².